The molecule has 0 saturated heterocycles. The normalized spacial score (nSPS) is 11.3. The minimum absolute atomic E-state index is 0.0762. The first-order chi connectivity index (χ1) is 12.7. The van der Waals surface area contributed by atoms with E-state index in [0.29, 0.717) is 23.8 Å². The van der Waals surface area contributed by atoms with Crippen LogP contribution < -0.4 is 14.8 Å². The van der Waals surface area contributed by atoms with E-state index >= 15 is 0 Å². The number of hydrogen-bond acceptors (Lipinski definition) is 5. The van der Waals surface area contributed by atoms with Gasteiger partial charge in [-0.05, 0) is 49.4 Å². The van der Waals surface area contributed by atoms with Crippen LogP contribution in [0.25, 0.3) is 0 Å². The molecule has 1 amide bonds. The summed E-state index contributed by atoms with van der Waals surface area (Å²) in [6.07, 6.45) is 0. The van der Waals surface area contributed by atoms with Gasteiger partial charge in [0.15, 0.2) is 6.61 Å². The van der Waals surface area contributed by atoms with Crippen molar-refractivity contribution in [2.45, 2.75) is 11.8 Å². The number of halogens is 1. The molecule has 0 heterocycles. The standard InChI is InChI=1S/C18H21ClN2O5S/c1-4-25-14-6-8-15(9-7-14)26-12-18(22)20-13-5-10-16(19)17(11-13)27(23,24)21(2)3/h5-11H,4,12H2,1-3H3,(H,20,22). The van der Waals surface area contributed by atoms with Gasteiger partial charge in [-0.15, -0.1) is 0 Å². The molecule has 1 N–H and O–H groups in total. The second kappa shape index (κ2) is 9.07. The molecular weight excluding hydrogens is 392 g/mol. The summed E-state index contributed by atoms with van der Waals surface area (Å²) < 4.78 is 36.3. The molecule has 0 aliphatic carbocycles. The van der Waals surface area contributed by atoms with Gasteiger partial charge in [-0.2, -0.15) is 0 Å². The predicted molar refractivity (Wildman–Crippen MR) is 104 cm³/mol. The fourth-order valence-corrected chi connectivity index (χ4v) is 3.51. The van der Waals surface area contributed by atoms with E-state index in [4.69, 9.17) is 21.1 Å². The van der Waals surface area contributed by atoms with E-state index in [9.17, 15) is 13.2 Å². The van der Waals surface area contributed by atoms with Gasteiger partial charge in [0.1, 0.15) is 16.4 Å². The zero-order valence-electron chi connectivity index (χ0n) is 15.2. The van der Waals surface area contributed by atoms with Crippen LogP contribution in [0.15, 0.2) is 47.4 Å². The summed E-state index contributed by atoms with van der Waals surface area (Å²) in [5.41, 5.74) is 0.306. The first-order valence-electron chi connectivity index (χ1n) is 8.11. The van der Waals surface area contributed by atoms with Crippen molar-refractivity contribution in [3.05, 3.63) is 47.5 Å². The summed E-state index contributed by atoms with van der Waals surface area (Å²) in [4.78, 5) is 12.0. The number of carbonyl (C=O) groups excluding carboxylic acids is 1. The molecule has 0 fully saturated rings. The number of ether oxygens (including phenoxy) is 2. The summed E-state index contributed by atoms with van der Waals surface area (Å²) in [7, 11) is -0.914. The number of hydrogen-bond donors (Lipinski definition) is 1. The van der Waals surface area contributed by atoms with Crippen LogP contribution in [0, 0.1) is 0 Å². The van der Waals surface area contributed by atoms with Gasteiger partial charge in [-0.3, -0.25) is 4.79 Å². The minimum atomic E-state index is -3.72. The van der Waals surface area contributed by atoms with Gasteiger partial charge in [-0.25, -0.2) is 12.7 Å². The Morgan fingerprint density at radius 2 is 1.67 bits per heavy atom. The van der Waals surface area contributed by atoms with E-state index in [0.717, 1.165) is 4.31 Å². The summed E-state index contributed by atoms with van der Waals surface area (Å²) in [6, 6.07) is 11.1. The van der Waals surface area contributed by atoms with Gasteiger partial charge in [0.2, 0.25) is 10.0 Å². The largest absolute Gasteiger partial charge is 0.494 e. The van der Waals surface area contributed by atoms with Crippen LogP contribution in [0.1, 0.15) is 6.92 Å². The zero-order chi connectivity index (χ0) is 20.0. The predicted octanol–water partition coefficient (Wildman–Crippen LogP) is 3.01. The van der Waals surface area contributed by atoms with Crippen LogP contribution in [0.5, 0.6) is 11.5 Å². The van der Waals surface area contributed by atoms with E-state index < -0.39 is 15.9 Å². The molecule has 7 nitrogen and oxygen atoms in total. The molecule has 27 heavy (non-hydrogen) atoms. The third-order valence-corrected chi connectivity index (χ3v) is 5.77. The van der Waals surface area contributed by atoms with Crippen LogP contribution in [-0.2, 0) is 14.8 Å². The monoisotopic (exact) mass is 412 g/mol. The Balaban J connectivity index is 2.01. The first-order valence-corrected chi connectivity index (χ1v) is 9.93. The number of rotatable bonds is 8. The highest BCUT2D eigenvalue weighted by Gasteiger charge is 2.21. The van der Waals surface area contributed by atoms with Crippen molar-refractivity contribution in [3.63, 3.8) is 0 Å². The summed E-state index contributed by atoms with van der Waals surface area (Å²) in [6.45, 7) is 2.22. The van der Waals surface area contributed by atoms with E-state index in [2.05, 4.69) is 5.32 Å². The Bertz CT molecular complexity index is 898. The van der Waals surface area contributed by atoms with Crippen LogP contribution in [0.2, 0.25) is 5.02 Å². The molecule has 2 rings (SSSR count). The number of carbonyl (C=O) groups is 1. The zero-order valence-corrected chi connectivity index (χ0v) is 16.8. The smallest absolute Gasteiger partial charge is 0.262 e. The van der Waals surface area contributed by atoms with Crippen LogP contribution >= 0.6 is 11.6 Å². The average molecular weight is 413 g/mol. The molecule has 0 radical (unpaired) electrons. The van der Waals surface area contributed by atoms with Gasteiger partial charge in [0.05, 0.1) is 11.6 Å². The van der Waals surface area contributed by atoms with Gasteiger partial charge >= 0.3 is 0 Å². The van der Waals surface area contributed by atoms with E-state index in [1.165, 1.54) is 32.3 Å². The van der Waals surface area contributed by atoms with Gasteiger partial charge in [-0.1, -0.05) is 11.6 Å². The second-order valence-corrected chi connectivity index (χ2v) is 8.20. The minimum Gasteiger partial charge on any atom is -0.494 e. The lowest BCUT2D eigenvalue weighted by molar-refractivity contribution is -0.118. The molecule has 0 bridgehead atoms. The van der Waals surface area contributed by atoms with Gasteiger partial charge < -0.3 is 14.8 Å². The number of benzene rings is 2. The first kappa shape index (κ1) is 21.0. The second-order valence-electron chi connectivity index (χ2n) is 5.67. The number of anilines is 1. The lowest BCUT2D eigenvalue weighted by Gasteiger charge is -2.14. The molecule has 0 aliphatic heterocycles. The molecule has 146 valence electrons. The summed E-state index contributed by atoms with van der Waals surface area (Å²) in [5, 5.41) is 2.67. The fourth-order valence-electron chi connectivity index (χ4n) is 2.12. The Kier molecular flexibility index (Phi) is 7.06. The van der Waals surface area contributed by atoms with E-state index in [1.54, 1.807) is 24.3 Å². The topological polar surface area (TPSA) is 84.9 Å². The quantitative estimate of drug-likeness (QED) is 0.720. The Morgan fingerprint density at radius 3 is 2.22 bits per heavy atom. The molecule has 0 unspecified atom stereocenters. The molecule has 2 aromatic rings. The SMILES string of the molecule is CCOc1ccc(OCC(=O)Nc2ccc(Cl)c(S(=O)(=O)N(C)C)c2)cc1. The van der Waals surface area contributed by atoms with Gasteiger partial charge in [0.25, 0.3) is 5.91 Å². The maximum atomic E-state index is 12.3. The highest BCUT2D eigenvalue weighted by molar-refractivity contribution is 7.89. The Morgan fingerprint density at radius 1 is 1.07 bits per heavy atom. The van der Waals surface area contributed by atoms with E-state index in [-0.39, 0.29) is 16.5 Å². The Hall–Kier alpha value is -2.29. The van der Waals surface area contributed by atoms with E-state index in [1.807, 2.05) is 6.92 Å². The maximum absolute atomic E-state index is 12.3. The number of amides is 1. The number of nitrogens with zero attached hydrogens (tertiary/aromatic N) is 1. The molecule has 0 aliphatic rings. The molecular formula is C18H21ClN2O5S. The van der Waals surface area contributed by atoms with Crippen molar-refractivity contribution < 1.29 is 22.7 Å². The highest BCUT2D eigenvalue weighted by Crippen LogP contribution is 2.27. The molecule has 2 aromatic carbocycles. The lowest BCUT2D eigenvalue weighted by atomic mass is 10.3. The molecule has 0 spiro atoms. The van der Waals surface area contributed by atoms with Gasteiger partial charge in [0, 0.05) is 19.8 Å². The highest BCUT2D eigenvalue weighted by atomic mass is 35.5. The van der Waals surface area contributed by atoms with Crippen molar-refractivity contribution >= 4 is 33.2 Å². The van der Waals surface area contributed by atoms with Crippen LogP contribution in [0.4, 0.5) is 5.69 Å². The molecule has 0 aromatic heterocycles. The summed E-state index contributed by atoms with van der Waals surface area (Å²) >= 11 is 5.98. The average Bonchev–Trinajstić information content (AvgIpc) is 2.62. The van der Waals surface area contributed by atoms with Crippen molar-refractivity contribution in [2.75, 3.05) is 32.6 Å². The van der Waals surface area contributed by atoms with Crippen molar-refractivity contribution in [1.82, 2.24) is 4.31 Å². The summed E-state index contributed by atoms with van der Waals surface area (Å²) in [5.74, 6) is 0.796. The fraction of sp³-hybridized carbons (Fsp3) is 0.278. The number of nitrogens with one attached hydrogen (secondary N) is 1. The third-order valence-electron chi connectivity index (χ3n) is 3.48. The van der Waals surface area contributed by atoms with Crippen molar-refractivity contribution in [2.24, 2.45) is 0 Å². The number of sulfonamides is 1. The van der Waals surface area contributed by atoms with Crippen molar-refractivity contribution in [1.29, 1.82) is 0 Å². The maximum Gasteiger partial charge on any atom is 0.262 e. The molecule has 0 saturated carbocycles. The third kappa shape index (κ3) is 5.59. The molecule has 0 atom stereocenters. The van der Waals surface area contributed by atoms with Crippen LogP contribution in [-0.4, -0.2) is 45.9 Å². The Labute approximate surface area is 163 Å². The van der Waals surface area contributed by atoms with Crippen LogP contribution in [0.3, 0.4) is 0 Å². The van der Waals surface area contributed by atoms with Crippen molar-refractivity contribution in [3.8, 4) is 11.5 Å². The molecule has 9 heteroatoms. The lowest BCUT2D eigenvalue weighted by Crippen LogP contribution is -2.23.